The molecule has 314 valence electrons. The quantitative estimate of drug-likeness (QED) is 0.0351. The maximum absolute atomic E-state index is 12.5. The van der Waals surface area contributed by atoms with Gasteiger partial charge in [0.25, 0.3) is 0 Å². The number of unbranched alkanes of at least 4 members (excludes halogenated alkanes) is 29. The highest BCUT2D eigenvalue weighted by Gasteiger charge is 2.19. The highest BCUT2D eigenvalue weighted by atomic mass is 16.6. The summed E-state index contributed by atoms with van der Waals surface area (Å²) in [4.78, 5) is 37.5. The zero-order chi connectivity index (χ0) is 38.9. The SMILES string of the molecule is CCCCCCCCCCCCCCCCCCC(=O)OC[C@@H](COC(=O)CCCCCCCCCCCCCC(C)C)OC(=O)CCCCCCC. The minimum absolute atomic E-state index is 0.0650. The summed E-state index contributed by atoms with van der Waals surface area (Å²) in [7, 11) is 0. The molecule has 0 aliphatic rings. The standard InChI is InChI=1S/C47H90O6/c1-5-7-9-11-12-13-14-15-16-17-18-21-24-27-31-34-38-45(48)51-41-44(53-47(50)40-36-29-10-8-6-2)42-52-46(49)39-35-32-28-25-22-19-20-23-26-30-33-37-43(3)4/h43-44H,5-42H2,1-4H3/t44-/m0/s1. The summed E-state index contributed by atoms with van der Waals surface area (Å²) in [6, 6.07) is 0. The molecule has 6 heteroatoms. The molecule has 0 aromatic rings. The zero-order valence-electron chi connectivity index (χ0n) is 36.0. The molecule has 0 N–H and O–H groups in total. The lowest BCUT2D eigenvalue weighted by molar-refractivity contribution is -0.167. The van der Waals surface area contributed by atoms with Crippen LogP contribution in [0, 0.1) is 5.92 Å². The van der Waals surface area contributed by atoms with E-state index in [1.807, 2.05) is 0 Å². The molecule has 6 nitrogen and oxygen atoms in total. The van der Waals surface area contributed by atoms with E-state index in [-0.39, 0.29) is 31.1 Å². The van der Waals surface area contributed by atoms with E-state index in [4.69, 9.17) is 14.2 Å². The predicted octanol–water partition coefficient (Wildman–Crippen LogP) is 14.7. The lowest BCUT2D eigenvalue weighted by Crippen LogP contribution is -2.30. The summed E-state index contributed by atoms with van der Waals surface area (Å²) >= 11 is 0. The monoisotopic (exact) mass is 751 g/mol. The van der Waals surface area contributed by atoms with E-state index >= 15 is 0 Å². The number of hydrogen-bond donors (Lipinski definition) is 0. The van der Waals surface area contributed by atoms with Crippen molar-refractivity contribution in [3.05, 3.63) is 0 Å². The average molecular weight is 751 g/mol. The van der Waals surface area contributed by atoms with Crippen molar-refractivity contribution >= 4 is 17.9 Å². The van der Waals surface area contributed by atoms with Gasteiger partial charge in [-0.2, -0.15) is 0 Å². The van der Waals surface area contributed by atoms with Gasteiger partial charge in [-0.25, -0.2) is 0 Å². The van der Waals surface area contributed by atoms with Crippen molar-refractivity contribution in [2.45, 2.75) is 265 Å². The number of carbonyl (C=O) groups is 3. The number of esters is 3. The maximum Gasteiger partial charge on any atom is 0.306 e. The Morgan fingerprint density at radius 2 is 0.623 bits per heavy atom. The molecule has 0 spiro atoms. The second-order valence-electron chi connectivity index (χ2n) is 16.5. The average Bonchev–Trinajstić information content (AvgIpc) is 3.14. The molecule has 0 radical (unpaired) electrons. The molecule has 1 atom stereocenters. The molecular formula is C47H90O6. The van der Waals surface area contributed by atoms with E-state index < -0.39 is 6.10 Å². The largest absolute Gasteiger partial charge is 0.462 e. The van der Waals surface area contributed by atoms with Crippen LogP contribution in [0.1, 0.15) is 259 Å². The first-order valence-electron chi connectivity index (χ1n) is 23.4. The molecule has 0 fully saturated rings. The fraction of sp³-hybridized carbons (Fsp3) is 0.936. The van der Waals surface area contributed by atoms with Crippen molar-refractivity contribution in [1.29, 1.82) is 0 Å². The molecule has 0 rings (SSSR count). The van der Waals surface area contributed by atoms with Gasteiger partial charge >= 0.3 is 17.9 Å². The summed E-state index contributed by atoms with van der Waals surface area (Å²) in [5.41, 5.74) is 0. The highest BCUT2D eigenvalue weighted by molar-refractivity contribution is 5.71. The van der Waals surface area contributed by atoms with Gasteiger partial charge < -0.3 is 14.2 Å². The molecule has 0 amide bonds. The molecule has 0 saturated heterocycles. The van der Waals surface area contributed by atoms with E-state index in [9.17, 15) is 14.4 Å². The van der Waals surface area contributed by atoms with Gasteiger partial charge in [-0.15, -0.1) is 0 Å². The Kier molecular flexibility index (Phi) is 40.3. The van der Waals surface area contributed by atoms with Crippen molar-refractivity contribution in [2.75, 3.05) is 13.2 Å². The van der Waals surface area contributed by atoms with Crippen LogP contribution in [0.3, 0.4) is 0 Å². The van der Waals surface area contributed by atoms with Crippen LogP contribution in [0.25, 0.3) is 0 Å². The molecule has 53 heavy (non-hydrogen) atoms. The third-order valence-corrected chi connectivity index (χ3v) is 10.5. The van der Waals surface area contributed by atoms with Crippen LogP contribution < -0.4 is 0 Å². The Labute approximate surface area is 329 Å². The van der Waals surface area contributed by atoms with E-state index in [2.05, 4.69) is 27.7 Å². The molecular weight excluding hydrogens is 661 g/mol. The van der Waals surface area contributed by atoms with Crippen LogP contribution >= 0.6 is 0 Å². The lowest BCUT2D eigenvalue weighted by Gasteiger charge is -2.18. The van der Waals surface area contributed by atoms with Gasteiger partial charge in [0.2, 0.25) is 0 Å². The Morgan fingerprint density at radius 3 is 0.925 bits per heavy atom. The minimum Gasteiger partial charge on any atom is -0.462 e. The van der Waals surface area contributed by atoms with Gasteiger partial charge in [-0.05, 0) is 25.2 Å². The van der Waals surface area contributed by atoms with Gasteiger partial charge in [0.1, 0.15) is 13.2 Å². The van der Waals surface area contributed by atoms with Crippen molar-refractivity contribution < 1.29 is 28.6 Å². The fourth-order valence-corrected chi connectivity index (χ4v) is 6.98. The Bertz CT molecular complexity index is 796. The Morgan fingerprint density at radius 1 is 0.358 bits per heavy atom. The van der Waals surface area contributed by atoms with Crippen molar-refractivity contribution in [1.82, 2.24) is 0 Å². The molecule has 0 heterocycles. The van der Waals surface area contributed by atoms with Crippen molar-refractivity contribution in [2.24, 2.45) is 5.92 Å². The van der Waals surface area contributed by atoms with Crippen molar-refractivity contribution in [3.8, 4) is 0 Å². The summed E-state index contributed by atoms with van der Waals surface area (Å²) in [6.45, 7) is 8.92. The molecule has 0 aliphatic heterocycles. The smallest absolute Gasteiger partial charge is 0.306 e. The van der Waals surface area contributed by atoms with Crippen LogP contribution in [0.15, 0.2) is 0 Å². The van der Waals surface area contributed by atoms with Crippen LogP contribution in [-0.2, 0) is 28.6 Å². The van der Waals surface area contributed by atoms with Gasteiger partial charge in [-0.1, -0.05) is 220 Å². The summed E-state index contributed by atoms with van der Waals surface area (Å²) in [5.74, 6) is -0.0399. The van der Waals surface area contributed by atoms with Crippen LogP contribution in [0.5, 0.6) is 0 Å². The predicted molar refractivity (Wildman–Crippen MR) is 224 cm³/mol. The first kappa shape index (κ1) is 51.4. The first-order chi connectivity index (χ1) is 25.9. The van der Waals surface area contributed by atoms with E-state index in [0.717, 1.165) is 70.1 Å². The molecule has 0 aromatic heterocycles. The number of rotatable bonds is 42. The lowest BCUT2D eigenvalue weighted by atomic mass is 10.0. The highest BCUT2D eigenvalue weighted by Crippen LogP contribution is 2.16. The van der Waals surface area contributed by atoms with Gasteiger partial charge in [0.15, 0.2) is 6.10 Å². The van der Waals surface area contributed by atoms with Crippen LogP contribution in [-0.4, -0.2) is 37.2 Å². The van der Waals surface area contributed by atoms with Crippen LogP contribution in [0.4, 0.5) is 0 Å². The Balaban J connectivity index is 4.11. The summed E-state index contributed by atoms with van der Waals surface area (Å²) < 4.78 is 16.6. The third kappa shape index (κ3) is 41.4. The van der Waals surface area contributed by atoms with Crippen LogP contribution in [0.2, 0.25) is 0 Å². The van der Waals surface area contributed by atoms with E-state index in [1.165, 1.54) is 148 Å². The second-order valence-corrected chi connectivity index (χ2v) is 16.5. The zero-order valence-corrected chi connectivity index (χ0v) is 36.0. The second kappa shape index (κ2) is 41.6. The molecule has 0 saturated carbocycles. The number of ether oxygens (including phenoxy) is 3. The number of carbonyl (C=O) groups excluding carboxylic acids is 3. The normalized spacial score (nSPS) is 11.9. The molecule has 0 aromatic carbocycles. The first-order valence-corrected chi connectivity index (χ1v) is 23.4. The molecule has 0 aliphatic carbocycles. The Hall–Kier alpha value is -1.59. The van der Waals surface area contributed by atoms with Gasteiger partial charge in [0, 0.05) is 19.3 Å². The summed E-state index contributed by atoms with van der Waals surface area (Å²) in [5, 5.41) is 0. The summed E-state index contributed by atoms with van der Waals surface area (Å²) in [6.07, 6.45) is 41.2. The third-order valence-electron chi connectivity index (χ3n) is 10.5. The number of hydrogen-bond acceptors (Lipinski definition) is 6. The van der Waals surface area contributed by atoms with Gasteiger partial charge in [0.05, 0.1) is 0 Å². The molecule has 0 bridgehead atoms. The van der Waals surface area contributed by atoms with Crippen molar-refractivity contribution in [3.63, 3.8) is 0 Å². The maximum atomic E-state index is 12.5. The molecule has 0 unspecified atom stereocenters. The topological polar surface area (TPSA) is 78.9 Å². The minimum atomic E-state index is -0.757. The van der Waals surface area contributed by atoms with E-state index in [1.54, 1.807) is 0 Å². The van der Waals surface area contributed by atoms with E-state index in [0.29, 0.717) is 19.3 Å². The fourth-order valence-electron chi connectivity index (χ4n) is 6.98. The van der Waals surface area contributed by atoms with Gasteiger partial charge in [-0.3, -0.25) is 14.4 Å².